The number of hydrogen-bond donors (Lipinski definition) is 0. The number of nitrogens with zero attached hydrogens (tertiary/aromatic N) is 3. The third kappa shape index (κ3) is 7.15. The summed E-state index contributed by atoms with van der Waals surface area (Å²) in [6, 6.07) is 15.7. The summed E-state index contributed by atoms with van der Waals surface area (Å²) < 4.78 is 17.9. The fraction of sp³-hybridized carbons (Fsp3) is 0.576. The van der Waals surface area contributed by atoms with Gasteiger partial charge in [0.15, 0.2) is 0 Å². The van der Waals surface area contributed by atoms with E-state index in [2.05, 4.69) is 4.90 Å². The molecule has 2 amide bonds. The summed E-state index contributed by atoms with van der Waals surface area (Å²) >= 11 is 0. The van der Waals surface area contributed by atoms with E-state index in [-0.39, 0.29) is 23.3 Å². The van der Waals surface area contributed by atoms with Crippen molar-refractivity contribution < 1.29 is 23.8 Å². The molecule has 2 bridgehead atoms. The minimum Gasteiger partial charge on any atom is -0.495 e. The quantitative estimate of drug-likeness (QED) is 0.509. The monoisotopic (exact) mass is 563 g/mol. The Morgan fingerprint density at radius 1 is 1.05 bits per heavy atom. The number of carbonyl (C=O) groups excluding carboxylic acids is 2. The zero-order valence-electron chi connectivity index (χ0n) is 24.7. The van der Waals surface area contributed by atoms with E-state index in [1.54, 1.807) is 7.11 Å². The van der Waals surface area contributed by atoms with Crippen molar-refractivity contribution in [3.8, 4) is 11.5 Å². The first-order valence-corrected chi connectivity index (χ1v) is 15.2. The predicted octanol–water partition coefficient (Wildman–Crippen LogP) is 5.01. The predicted molar refractivity (Wildman–Crippen MR) is 160 cm³/mol. The molecule has 0 unspecified atom stereocenters. The number of rotatable bonds is 5. The smallest absolute Gasteiger partial charge is 0.254 e. The van der Waals surface area contributed by atoms with E-state index in [4.69, 9.17) is 14.2 Å². The fourth-order valence-corrected chi connectivity index (χ4v) is 6.51. The van der Waals surface area contributed by atoms with Gasteiger partial charge in [0.2, 0.25) is 5.91 Å². The summed E-state index contributed by atoms with van der Waals surface area (Å²) in [5, 5.41) is 0. The summed E-state index contributed by atoms with van der Waals surface area (Å²) in [6.45, 7) is 4.82. The van der Waals surface area contributed by atoms with Crippen LogP contribution in [0.1, 0.15) is 61.7 Å². The number of anilines is 1. The molecule has 1 spiro atoms. The largest absolute Gasteiger partial charge is 0.495 e. The highest BCUT2D eigenvalue weighted by Crippen LogP contribution is 2.38. The van der Waals surface area contributed by atoms with Gasteiger partial charge in [0.25, 0.3) is 5.91 Å². The van der Waals surface area contributed by atoms with Crippen LogP contribution in [0.4, 0.5) is 5.69 Å². The number of likely N-dealkylation sites (tertiary alicyclic amines) is 1. The van der Waals surface area contributed by atoms with E-state index in [0.717, 1.165) is 81.8 Å². The maximum absolute atomic E-state index is 13.3. The standard InChI is InChI=1S/C33H45N3O5/c1-34(29-12-3-4-13-30(29)39-2)19-14-31(37)35-20-16-33(17-21-35)15-5-6-22-40-24-27-10-8-18-36(27)32(38)26-9-7-11-28(23-26)41-25-33/h3-4,7,9,11-13,23,27H,5-6,8,10,14-22,24-25H2,1-2H3/t27-/m0/s1. The van der Waals surface area contributed by atoms with Crippen LogP contribution in [0.15, 0.2) is 48.5 Å². The zero-order valence-corrected chi connectivity index (χ0v) is 24.7. The summed E-state index contributed by atoms with van der Waals surface area (Å²) in [6.07, 6.45) is 7.42. The van der Waals surface area contributed by atoms with Crippen molar-refractivity contribution in [1.82, 2.24) is 9.80 Å². The van der Waals surface area contributed by atoms with Crippen LogP contribution in [-0.4, -0.2) is 87.8 Å². The molecule has 0 aliphatic carbocycles. The van der Waals surface area contributed by atoms with Crippen LogP contribution in [0.5, 0.6) is 11.5 Å². The molecule has 0 aromatic heterocycles. The lowest BCUT2D eigenvalue weighted by atomic mass is 9.75. The van der Waals surface area contributed by atoms with Crippen molar-refractivity contribution in [1.29, 1.82) is 0 Å². The first-order valence-electron chi connectivity index (χ1n) is 15.2. The Morgan fingerprint density at radius 2 is 1.88 bits per heavy atom. The van der Waals surface area contributed by atoms with Gasteiger partial charge >= 0.3 is 0 Å². The second kappa shape index (κ2) is 13.6. The topological polar surface area (TPSA) is 71.6 Å². The summed E-state index contributed by atoms with van der Waals surface area (Å²) in [7, 11) is 3.67. The van der Waals surface area contributed by atoms with Crippen molar-refractivity contribution >= 4 is 17.5 Å². The van der Waals surface area contributed by atoms with Crippen LogP contribution in [0.2, 0.25) is 0 Å². The zero-order chi connectivity index (χ0) is 28.7. The molecule has 0 saturated carbocycles. The second-order valence-corrected chi connectivity index (χ2v) is 11.9. The molecule has 3 heterocycles. The third-order valence-electron chi connectivity index (χ3n) is 9.15. The minimum absolute atomic E-state index is 0.00514. The molecule has 3 aliphatic heterocycles. The summed E-state index contributed by atoms with van der Waals surface area (Å²) in [5.74, 6) is 1.82. The van der Waals surface area contributed by atoms with Gasteiger partial charge in [-0.1, -0.05) is 24.6 Å². The number of benzene rings is 2. The molecule has 2 fully saturated rings. The highest BCUT2D eigenvalue weighted by Gasteiger charge is 2.37. The van der Waals surface area contributed by atoms with Gasteiger partial charge in [-0.2, -0.15) is 0 Å². The van der Waals surface area contributed by atoms with E-state index in [1.165, 1.54) is 0 Å². The van der Waals surface area contributed by atoms with Gasteiger partial charge in [-0.25, -0.2) is 0 Å². The normalized spacial score (nSPS) is 21.4. The molecule has 2 aromatic carbocycles. The molecule has 222 valence electrons. The van der Waals surface area contributed by atoms with Gasteiger partial charge in [0, 0.05) is 57.2 Å². The molecule has 0 N–H and O–H groups in total. The van der Waals surface area contributed by atoms with Crippen LogP contribution < -0.4 is 14.4 Å². The average Bonchev–Trinajstić information content (AvgIpc) is 3.48. The molecule has 8 nitrogen and oxygen atoms in total. The van der Waals surface area contributed by atoms with Gasteiger partial charge in [-0.05, 0) is 68.9 Å². The van der Waals surface area contributed by atoms with Crippen LogP contribution in [0.25, 0.3) is 0 Å². The summed E-state index contributed by atoms with van der Waals surface area (Å²) in [5.41, 5.74) is 1.67. The molecule has 8 heteroatoms. The van der Waals surface area contributed by atoms with Crippen molar-refractivity contribution in [2.45, 2.75) is 57.4 Å². The molecular formula is C33H45N3O5. The Balaban J connectivity index is 1.20. The number of methoxy groups -OCH3 is 1. The molecule has 1 atom stereocenters. The molecular weight excluding hydrogens is 518 g/mol. The Bertz CT molecular complexity index is 1180. The van der Waals surface area contributed by atoms with Gasteiger partial charge in [0.1, 0.15) is 11.5 Å². The van der Waals surface area contributed by atoms with E-state index in [9.17, 15) is 9.59 Å². The SMILES string of the molecule is COc1ccccc1N(C)CCC(=O)N1CCC2(CCCCOC[C@@H]3CCCN3C(=O)c3cccc(c3)OC2)CC1. The Labute approximate surface area is 244 Å². The lowest BCUT2D eigenvalue weighted by Crippen LogP contribution is -2.46. The van der Waals surface area contributed by atoms with Gasteiger partial charge in [-0.15, -0.1) is 0 Å². The van der Waals surface area contributed by atoms with E-state index >= 15 is 0 Å². The first kappa shape index (κ1) is 29.2. The molecule has 0 radical (unpaired) electrons. The third-order valence-corrected chi connectivity index (χ3v) is 9.15. The molecule has 3 aliphatic rings. The number of carbonyl (C=O) groups is 2. The molecule has 2 saturated heterocycles. The van der Waals surface area contributed by atoms with Gasteiger partial charge in [-0.3, -0.25) is 9.59 Å². The van der Waals surface area contributed by atoms with Crippen LogP contribution in [-0.2, 0) is 9.53 Å². The van der Waals surface area contributed by atoms with Crippen LogP contribution in [0.3, 0.4) is 0 Å². The number of piperidine rings is 1. The van der Waals surface area contributed by atoms with Crippen molar-refractivity contribution in [3.63, 3.8) is 0 Å². The molecule has 5 rings (SSSR count). The fourth-order valence-electron chi connectivity index (χ4n) is 6.51. The van der Waals surface area contributed by atoms with Crippen LogP contribution in [0, 0.1) is 5.41 Å². The maximum atomic E-state index is 13.3. The van der Waals surface area contributed by atoms with E-state index in [0.29, 0.717) is 38.3 Å². The second-order valence-electron chi connectivity index (χ2n) is 11.9. The molecule has 41 heavy (non-hydrogen) atoms. The first-order chi connectivity index (χ1) is 20.0. The van der Waals surface area contributed by atoms with Crippen molar-refractivity contribution in [2.75, 3.05) is 65.1 Å². The Kier molecular flexibility index (Phi) is 9.70. The van der Waals surface area contributed by atoms with Gasteiger partial charge < -0.3 is 28.9 Å². The van der Waals surface area contributed by atoms with E-state index < -0.39 is 0 Å². The highest BCUT2D eigenvalue weighted by atomic mass is 16.5. The van der Waals surface area contributed by atoms with E-state index in [1.807, 2.05) is 65.4 Å². The van der Waals surface area contributed by atoms with Crippen molar-refractivity contribution in [3.05, 3.63) is 54.1 Å². The minimum atomic E-state index is 0.00514. The Morgan fingerprint density at radius 3 is 2.71 bits per heavy atom. The number of fused-ring (bicyclic) bond motifs is 3. The van der Waals surface area contributed by atoms with Crippen LogP contribution >= 0.6 is 0 Å². The lowest BCUT2D eigenvalue weighted by molar-refractivity contribution is -0.133. The number of amides is 2. The number of ether oxygens (including phenoxy) is 3. The van der Waals surface area contributed by atoms with Gasteiger partial charge in [0.05, 0.1) is 32.1 Å². The lowest BCUT2D eigenvalue weighted by Gasteiger charge is -2.42. The number of hydrogen-bond acceptors (Lipinski definition) is 6. The maximum Gasteiger partial charge on any atom is 0.254 e. The van der Waals surface area contributed by atoms with Crippen molar-refractivity contribution in [2.24, 2.45) is 5.41 Å². The summed E-state index contributed by atoms with van der Waals surface area (Å²) in [4.78, 5) is 32.6. The number of para-hydroxylation sites is 2. The molecule has 2 aromatic rings. The Hall–Kier alpha value is -3.26. The highest BCUT2D eigenvalue weighted by molar-refractivity contribution is 5.95. The average molecular weight is 564 g/mol.